The monoisotopic (exact) mass is 199 g/mol. The van der Waals surface area contributed by atoms with Crippen LogP contribution in [0.3, 0.4) is 0 Å². The molecule has 2 unspecified atom stereocenters. The third-order valence-electron chi connectivity index (χ3n) is 3.59. The molecule has 0 amide bonds. The normalized spacial score (nSPS) is 28.5. The summed E-state index contributed by atoms with van der Waals surface area (Å²) >= 11 is 0. The molecule has 1 rings (SSSR count). The molecule has 0 bridgehead atoms. The minimum atomic E-state index is -0.489. The van der Waals surface area contributed by atoms with Gasteiger partial charge in [-0.05, 0) is 51.1 Å². The van der Waals surface area contributed by atoms with E-state index in [2.05, 4.69) is 19.2 Å². The van der Waals surface area contributed by atoms with Crippen LogP contribution >= 0.6 is 0 Å². The average molecular weight is 199 g/mol. The second kappa shape index (κ2) is 5.13. The molecule has 0 aromatic rings. The summed E-state index contributed by atoms with van der Waals surface area (Å²) in [5, 5.41) is 13.7. The lowest BCUT2D eigenvalue weighted by Gasteiger charge is -2.31. The Morgan fingerprint density at radius 1 is 1.43 bits per heavy atom. The van der Waals surface area contributed by atoms with Crippen LogP contribution in [0.5, 0.6) is 0 Å². The number of hydrogen-bond donors (Lipinski definition) is 2. The van der Waals surface area contributed by atoms with Gasteiger partial charge in [-0.15, -0.1) is 0 Å². The van der Waals surface area contributed by atoms with E-state index >= 15 is 0 Å². The Morgan fingerprint density at radius 3 is 2.79 bits per heavy atom. The van der Waals surface area contributed by atoms with Gasteiger partial charge in [0.25, 0.3) is 0 Å². The van der Waals surface area contributed by atoms with Crippen molar-refractivity contribution in [1.29, 1.82) is 0 Å². The van der Waals surface area contributed by atoms with Crippen molar-refractivity contribution in [2.45, 2.75) is 52.1 Å². The van der Waals surface area contributed by atoms with Gasteiger partial charge in [-0.2, -0.15) is 0 Å². The molecule has 0 radical (unpaired) electrons. The van der Waals surface area contributed by atoms with Gasteiger partial charge in [0.1, 0.15) is 0 Å². The molecule has 0 aromatic heterocycles. The molecular weight excluding hydrogens is 174 g/mol. The molecule has 1 heterocycles. The highest BCUT2D eigenvalue weighted by atomic mass is 16.3. The topological polar surface area (TPSA) is 32.3 Å². The molecule has 2 heteroatoms. The summed E-state index contributed by atoms with van der Waals surface area (Å²) in [4.78, 5) is 0. The first-order valence-corrected chi connectivity index (χ1v) is 5.95. The molecule has 1 aliphatic heterocycles. The lowest BCUT2D eigenvalue weighted by molar-refractivity contribution is -0.00971. The SMILES string of the molecule is CC(C)C(C)(O)CC1CCCCNC1. The minimum Gasteiger partial charge on any atom is -0.390 e. The summed E-state index contributed by atoms with van der Waals surface area (Å²) < 4.78 is 0. The molecule has 1 saturated heterocycles. The lowest BCUT2D eigenvalue weighted by atomic mass is 9.82. The van der Waals surface area contributed by atoms with Crippen molar-refractivity contribution in [2.75, 3.05) is 13.1 Å². The Hall–Kier alpha value is -0.0800. The predicted molar refractivity (Wildman–Crippen MR) is 60.3 cm³/mol. The van der Waals surface area contributed by atoms with Crippen molar-refractivity contribution in [2.24, 2.45) is 11.8 Å². The fourth-order valence-electron chi connectivity index (χ4n) is 2.09. The Labute approximate surface area is 88.1 Å². The van der Waals surface area contributed by atoms with E-state index in [4.69, 9.17) is 0 Å². The highest BCUT2D eigenvalue weighted by Crippen LogP contribution is 2.27. The van der Waals surface area contributed by atoms with Gasteiger partial charge in [-0.3, -0.25) is 0 Å². The summed E-state index contributed by atoms with van der Waals surface area (Å²) in [6.07, 6.45) is 4.82. The summed E-state index contributed by atoms with van der Waals surface area (Å²) in [6.45, 7) is 8.42. The van der Waals surface area contributed by atoms with Gasteiger partial charge in [-0.1, -0.05) is 20.3 Å². The molecular formula is C12H25NO. The zero-order chi connectivity index (χ0) is 10.6. The first-order chi connectivity index (χ1) is 6.52. The molecule has 1 fully saturated rings. The van der Waals surface area contributed by atoms with E-state index in [-0.39, 0.29) is 0 Å². The van der Waals surface area contributed by atoms with Gasteiger partial charge in [0.05, 0.1) is 5.60 Å². The Kier molecular flexibility index (Phi) is 4.39. The van der Waals surface area contributed by atoms with Crippen LogP contribution in [0, 0.1) is 11.8 Å². The van der Waals surface area contributed by atoms with Crippen LogP contribution in [0.1, 0.15) is 46.5 Å². The highest BCUT2D eigenvalue weighted by molar-refractivity contribution is 4.81. The van der Waals surface area contributed by atoms with Gasteiger partial charge in [0.15, 0.2) is 0 Å². The molecule has 2 N–H and O–H groups in total. The highest BCUT2D eigenvalue weighted by Gasteiger charge is 2.28. The maximum atomic E-state index is 10.2. The van der Waals surface area contributed by atoms with E-state index in [0.29, 0.717) is 11.8 Å². The molecule has 1 aliphatic rings. The lowest BCUT2D eigenvalue weighted by Crippen LogP contribution is -2.36. The van der Waals surface area contributed by atoms with E-state index in [1.165, 1.54) is 19.3 Å². The van der Waals surface area contributed by atoms with E-state index in [1.807, 2.05) is 6.92 Å². The Bertz CT molecular complexity index is 158. The van der Waals surface area contributed by atoms with E-state index in [9.17, 15) is 5.11 Å². The fraction of sp³-hybridized carbons (Fsp3) is 1.00. The second-order valence-electron chi connectivity index (χ2n) is 5.28. The zero-order valence-electron chi connectivity index (χ0n) is 9.84. The first kappa shape index (κ1) is 12.0. The summed E-state index contributed by atoms with van der Waals surface area (Å²) in [6, 6.07) is 0. The molecule has 0 spiro atoms. The van der Waals surface area contributed by atoms with Crippen LogP contribution in [0.2, 0.25) is 0 Å². The maximum absolute atomic E-state index is 10.2. The standard InChI is InChI=1S/C12H25NO/c1-10(2)12(3,14)8-11-6-4-5-7-13-9-11/h10-11,13-14H,4-9H2,1-3H3. The van der Waals surface area contributed by atoms with Crippen molar-refractivity contribution in [3.05, 3.63) is 0 Å². The van der Waals surface area contributed by atoms with Crippen LogP contribution in [-0.4, -0.2) is 23.8 Å². The molecule has 0 saturated carbocycles. The van der Waals surface area contributed by atoms with Crippen LogP contribution in [0.25, 0.3) is 0 Å². The number of rotatable bonds is 3. The van der Waals surface area contributed by atoms with E-state index < -0.39 is 5.60 Å². The number of hydrogen-bond acceptors (Lipinski definition) is 2. The number of aliphatic hydroxyl groups is 1. The number of nitrogens with one attached hydrogen (secondary N) is 1. The van der Waals surface area contributed by atoms with Crippen molar-refractivity contribution in [3.8, 4) is 0 Å². The smallest absolute Gasteiger partial charge is 0.0645 e. The van der Waals surface area contributed by atoms with Crippen molar-refractivity contribution < 1.29 is 5.11 Å². The zero-order valence-corrected chi connectivity index (χ0v) is 9.84. The maximum Gasteiger partial charge on any atom is 0.0645 e. The fourth-order valence-corrected chi connectivity index (χ4v) is 2.09. The van der Waals surface area contributed by atoms with Crippen LogP contribution in [0.15, 0.2) is 0 Å². The van der Waals surface area contributed by atoms with Crippen LogP contribution in [-0.2, 0) is 0 Å². The molecule has 2 atom stereocenters. The quantitative estimate of drug-likeness (QED) is 0.730. The molecule has 84 valence electrons. The predicted octanol–water partition coefficient (Wildman–Crippen LogP) is 2.17. The largest absolute Gasteiger partial charge is 0.390 e. The van der Waals surface area contributed by atoms with Gasteiger partial charge >= 0.3 is 0 Å². The van der Waals surface area contributed by atoms with Crippen LogP contribution in [0.4, 0.5) is 0 Å². The third kappa shape index (κ3) is 3.58. The summed E-state index contributed by atoms with van der Waals surface area (Å²) in [5.41, 5.74) is -0.489. The van der Waals surface area contributed by atoms with E-state index in [1.54, 1.807) is 0 Å². The average Bonchev–Trinajstić information content (AvgIpc) is 2.32. The van der Waals surface area contributed by atoms with Crippen molar-refractivity contribution in [3.63, 3.8) is 0 Å². The van der Waals surface area contributed by atoms with Gasteiger partial charge in [0.2, 0.25) is 0 Å². The third-order valence-corrected chi connectivity index (χ3v) is 3.59. The molecule has 2 nitrogen and oxygen atoms in total. The minimum absolute atomic E-state index is 0.353. The summed E-state index contributed by atoms with van der Waals surface area (Å²) in [7, 11) is 0. The van der Waals surface area contributed by atoms with Gasteiger partial charge < -0.3 is 10.4 Å². The van der Waals surface area contributed by atoms with Crippen molar-refractivity contribution >= 4 is 0 Å². The molecule has 0 aromatic carbocycles. The Morgan fingerprint density at radius 2 is 2.14 bits per heavy atom. The molecule has 14 heavy (non-hydrogen) atoms. The first-order valence-electron chi connectivity index (χ1n) is 5.95. The van der Waals surface area contributed by atoms with Gasteiger partial charge in [-0.25, -0.2) is 0 Å². The Balaban J connectivity index is 2.41. The van der Waals surface area contributed by atoms with Crippen molar-refractivity contribution in [1.82, 2.24) is 5.32 Å². The van der Waals surface area contributed by atoms with E-state index in [0.717, 1.165) is 19.5 Å². The van der Waals surface area contributed by atoms with Gasteiger partial charge in [0, 0.05) is 0 Å². The summed E-state index contributed by atoms with van der Waals surface area (Å²) in [5.74, 6) is 1.01. The molecule has 0 aliphatic carbocycles. The van der Waals surface area contributed by atoms with Crippen LogP contribution < -0.4 is 5.32 Å². The second-order valence-corrected chi connectivity index (χ2v) is 5.28.